The molecule has 1 amide bonds. The van der Waals surface area contributed by atoms with Gasteiger partial charge in [0, 0.05) is 26.0 Å². The van der Waals surface area contributed by atoms with Gasteiger partial charge in [0.15, 0.2) is 0 Å². The van der Waals surface area contributed by atoms with Crippen molar-refractivity contribution in [3.05, 3.63) is 50.3 Å². The molecule has 0 aliphatic carbocycles. The number of nitrogens with one attached hydrogen (secondary N) is 2. The summed E-state index contributed by atoms with van der Waals surface area (Å²) in [6.45, 7) is 8.39. The number of halogens is 1. The van der Waals surface area contributed by atoms with Crippen LogP contribution in [0.5, 0.6) is 0 Å². The maximum atomic E-state index is 12.7. The third kappa shape index (κ3) is 3.95. The summed E-state index contributed by atoms with van der Waals surface area (Å²) in [7, 11) is 1.37. The van der Waals surface area contributed by atoms with E-state index in [-0.39, 0.29) is 17.0 Å². The lowest BCUT2D eigenvalue weighted by Gasteiger charge is -2.42. The molecule has 0 bridgehead atoms. The second-order valence-electron chi connectivity index (χ2n) is 7.88. The Balaban J connectivity index is 2.06. The molecule has 0 atom stereocenters. The molecular weight excluding hydrogens is 428 g/mol. The van der Waals surface area contributed by atoms with Crippen LogP contribution in [0.25, 0.3) is 0 Å². The van der Waals surface area contributed by atoms with E-state index in [9.17, 15) is 9.59 Å². The highest BCUT2D eigenvalue weighted by molar-refractivity contribution is 9.10. The Morgan fingerprint density at radius 1 is 1.19 bits per heavy atom. The monoisotopic (exact) mass is 450 g/mol. The molecule has 1 aromatic heterocycles. The van der Waals surface area contributed by atoms with Crippen molar-refractivity contribution in [2.75, 3.05) is 12.4 Å². The predicted molar refractivity (Wildman–Crippen MR) is 112 cm³/mol. The van der Waals surface area contributed by atoms with E-state index >= 15 is 0 Å². The zero-order valence-electron chi connectivity index (χ0n) is 16.0. The van der Waals surface area contributed by atoms with E-state index in [1.165, 1.54) is 18.4 Å². The maximum Gasteiger partial charge on any atom is 0.341 e. The Morgan fingerprint density at radius 3 is 2.41 bits per heavy atom. The number of benzene rings is 1. The fraction of sp³-hybridized carbons (Fsp3) is 0.400. The van der Waals surface area contributed by atoms with Gasteiger partial charge < -0.3 is 15.4 Å². The number of ether oxygens (including phenoxy) is 1. The zero-order valence-corrected chi connectivity index (χ0v) is 18.4. The van der Waals surface area contributed by atoms with Gasteiger partial charge in [0.2, 0.25) is 0 Å². The Kier molecular flexibility index (Phi) is 5.22. The van der Waals surface area contributed by atoms with Gasteiger partial charge in [0.05, 0.1) is 12.7 Å². The van der Waals surface area contributed by atoms with E-state index in [1.54, 1.807) is 12.1 Å². The number of thiophene rings is 1. The molecule has 2 aromatic rings. The molecule has 5 nitrogen and oxygen atoms in total. The van der Waals surface area contributed by atoms with Crippen molar-refractivity contribution in [3.63, 3.8) is 0 Å². The van der Waals surface area contributed by atoms with Crippen LogP contribution in [0.1, 0.15) is 58.9 Å². The second kappa shape index (κ2) is 7.04. The number of amides is 1. The lowest BCUT2D eigenvalue weighted by molar-refractivity contribution is 0.0600. The van der Waals surface area contributed by atoms with E-state index in [1.807, 2.05) is 12.1 Å². The molecule has 2 N–H and O–H groups in total. The Morgan fingerprint density at radius 2 is 1.81 bits per heavy atom. The minimum absolute atomic E-state index is 0.173. The number of hydrogen-bond donors (Lipinski definition) is 2. The average molecular weight is 451 g/mol. The molecule has 7 heteroatoms. The van der Waals surface area contributed by atoms with Crippen LogP contribution in [0, 0.1) is 0 Å². The zero-order chi connectivity index (χ0) is 20.0. The standard InChI is InChI=1S/C20H23BrN2O3S/c1-19(2)10-13-14(18(25)26-5)17(27-15(13)20(3,4)23-19)22-16(24)11-6-8-12(21)9-7-11/h6-9,23H,10H2,1-5H3,(H,22,24). The SMILES string of the molecule is COC(=O)c1c(NC(=O)c2ccc(Br)cc2)sc2c1CC(C)(C)NC2(C)C. The van der Waals surface area contributed by atoms with Crippen molar-refractivity contribution in [2.24, 2.45) is 0 Å². The first-order chi connectivity index (χ1) is 12.5. The molecule has 0 unspecified atom stereocenters. The first-order valence-electron chi connectivity index (χ1n) is 8.65. The number of methoxy groups -OCH3 is 1. The largest absolute Gasteiger partial charge is 0.465 e. The van der Waals surface area contributed by atoms with Crippen molar-refractivity contribution >= 4 is 44.1 Å². The third-order valence-corrected chi connectivity index (χ3v) is 6.57. The number of carbonyl (C=O) groups excluding carboxylic acids is 2. The van der Waals surface area contributed by atoms with Crippen LogP contribution in [0.3, 0.4) is 0 Å². The van der Waals surface area contributed by atoms with Crippen LogP contribution >= 0.6 is 27.3 Å². The van der Waals surface area contributed by atoms with Gasteiger partial charge >= 0.3 is 5.97 Å². The summed E-state index contributed by atoms with van der Waals surface area (Å²) >= 11 is 4.80. The van der Waals surface area contributed by atoms with Crippen LogP contribution in [-0.2, 0) is 16.7 Å². The minimum Gasteiger partial charge on any atom is -0.465 e. The van der Waals surface area contributed by atoms with Crippen LogP contribution in [0.15, 0.2) is 28.7 Å². The van der Waals surface area contributed by atoms with Crippen LogP contribution in [-0.4, -0.2) is 24.5 Å². The summed E-state index contributed by atoms with van der Waals surface area (Å²) in [5.74, 6) is -0.677. The van der Waals surface area contributed by atoms with Gasteiger partial charge in [-0.2, -0.15) is 0 Å². The van der Waals surface area contributed by atoms with E-state index in [0.717, 1.165) is 14.9 Å². The molecule has 0 radical (unpaired) electrons. The summed E-state index contributed by atoms with van der Waals surface area (Å²) in [5.41, 5.74) is 1.45. The lowest BCUT2D eigenvalue weighted by Crippen LogP contribution is -2.55. The number of fused-ring (bicyclic) bond motifs is 1. The highest BCUT2D eigenvalue weighted by Crippen LogP contribution is 2.45. The fourth-order valence-electron chi connectivity index (χ4n) is 3.71. The lowest BCUT2D eigenvalue weighted by atomic mass is 9.81. The van der Waals surface area contributed by atoms with E-state index in [0.29, 0.717) is 22.5 Å². The number of hydrogen-bond acceptors (Lipinski definition) is 5. The third-order valence-electron chi connectivity index (χ3n) is 4.57. The normalized spacial score (nSPS) is 17.1. The molecular formula is C20H23BrN2O3S. The summed E-state index contributed by atoms with van der Waals surface area (Å²) < 4.78 is 5.93. The average Bonchev–Trinajstić information content (AvgIpc) is 2.91. The summed E-state index contributed by atoms with van der Waals surface area (Å²) in [6.07, 6.45) is 0.681. The molecule has 0 fully saturated rings. The van der Waals surface area contributed by atoms with Crippen molar-refractivity contribution in [3.8, 4) is 0 Å². The van der Waals surface area contributed by atoms with Crippen LogP contribution < -0.4 is 10.6 Å². The first-order valence-corrected chi connectivity index (χ1v) is 10.3. The molecule has 1 aliphatic heterocycles. The molecule has 3 rings (SSSR count). The molecule has 27 heavy (non-hydrogen) atoms. The van der Waals surface area contributed by atoms with Crippen molar-refractivity contribution in [1.29, 1.82) is 0 Å². The topological polar surface area (TPSA) is 67.4 Å². The Hall–Kier alpha value is -1.70. The van der Waals surface area contributed by atoms with Gasteiger partial charge in [-0.15, -0.1) is 11.3 Å². The summed E-state index contributed by atoms with van der Waals surface area (Å²) in [5, 5.41) is 7.07. The van der Waals surface area contributed by atoms with Gasteiger partial charge in [-0.1, -0.05) is 15.9 Å². The minimum atomic E-state index is -0.424. The fourth-order valence-corrected chi connectivity index (χ4v) is 5.23. The predicted octanol–water partition coefficient (Wildman–Crippen LogP) is 4.71. The molecule has 2 heterocycles. The van der Waals surface area contributed by atoms with Crippen molar-refractivity contribution in [2.45, 2.75) is 45.2 Å². The van der Waals surface area contributed by atoms with Crippen molar-refractivity contribution < 1.29 is 14.3 Å². The number of carbonyl (C=O) groups is 2. The molecule has 0 spiro atoms. The first kappa shape index (κ1) is 20.0. The molecule has 0 saturated carbocycles. The Labute approximate surface area is 171 Å². The molecule has 1 aliphatic rings. The molecule has 1 aromatic carbocycles. The van der Waals surface area contributed by atoms with Gasteiger partial charge in [-0.05, 0) is 63.9 Å². The highest BCUT2D eigenvalue weighted by atomic mass is 79.9. The van der Waals surface area contributed by atoms with Gasteiger partial charge in [-0.25, -0.2) is 4.79 Å². The van der Waals surface area contributed by atoms with Crippen LogP contribution in [0.4, 0.5) is 5.00 Å². The van der Waals surface area contributed by atoms with E-state index in [2.05, 4.69) is 54.3 Å². The number of rotatable bonds is 3. The van der Waals surface area contributed by atoms with E-state index < -0.39 is 5.97 Å². The summed E-state index contributed by atoms with van der Waals surface area (Å²) in [4.78, 5) is 26.3. The maximum absolute atomic E-state index is 12.7. The highest BCUT2D eigenvalue weighted by Gasteiger charge is 2.42. The van der Waals surface area contributed by atoms with Gasteiger partial charge in [-0.3, -0.25) is 4.79 Å². The van der Waals surface area contributed by atoms with Gasteiger partial charge in [0.1, 0.15) is 5.00 Å². The smallest absolute Gasteiger partial charge is 0.341 e. The van der Waals surface area contributed by atoms with E-state index in [4.69, 9.17) is 4.74 Å². The number of anilines is 1. The summed E-state index contributed by atoms with van der Waals surface area (Å²) in [6, 6.07) is 7.09. The number of esters is 1. The van der Waals surface area contributed by atoms with Crippen molar-refractivity contribution in [1.82, 2.24) is 5.32 Å². The second-order valence-corrected chi connectivity index (χ2v) is 9.81. The molecule has 0 saturated heterocycles. The molecule has 144 valence electrons. The van der Waals surface area contributed by atoms with Gasteiger partial charge in [0.25, 0.3) is 5.91 Å². The Bertz CT molecular complexity index is 901. The van der Waals surface area contributed by atoms with Crippen LogP contribution in [0.2, 0.25) is 0 Å². The quantitative estimate of drug-likeness (QED) is 0.664.